The molecule has 4 aromatic rings. The normalized spacial score (nSPS) is 17.8. The van der Waals surface area contributed by atoms with E-state index in [1.165, 1.54) is 23.5 Å². The van der Waals surface area contributed by atoms with E-state index in [1.54, 1.807) is 18.2 Å². The minimum Gasteiger partial charge on any atom is -0.511 e. The van der Waals surface area contributed by atoms with E-state index in [0.29, 0.717) is 27.0 Å². The number of rotatable bonds is 6. The Bertz CT molecular complexity index is 1410. The molecule has 5 rings (SSSR count). The molecule has 2 aromatic carbocycles. The molecule has 0 saturated carbocycles. The van der Waals surface area contributed by atoms with Crippen LogP contribution in [-0.4, -0.2) is 16.1 Å². The van der Waals surface area contributed by atoms with Crippen LogP contribution in [0.25, 0.3) is 0 Å². The highest BCUT2D eigenvalue weighted by Gasteiger charge is 2.45. The molecule has 9 heteroatoms. The van der Waals surface area contributed by atoms with Crippen LogP contribution in [0.3, 0.4) is 0 Å². The summed E-state index contributed by atoms with van der Waals surface area (Å²) < 4.78 is 19.3. The van der Waals surface area contributed by atoms with Crippen molar-refractivity contribution >= 4 is 52.2 Å². The van der Waals surface area contributed by atoms with Crippen molar-refractivity contribution < 1.29 is 19.0 Å². The lowest BCUT2D eigenvalue weighted by atomic mass is 9.82. The van der Waals surface area contributed by atoms with E-state index in [-0.39, 0.29) is 17.1 Å². The van der Waals surface area contributed by atoms with Gasteiger partial charge in [-0.2, -0.15) is 11.3 Å². The van der Waals surface area contributed by atoms with Gasteiger partial charge in [-0.25, -0.2) is 14.2 Å². The van der Waals surface area contributed by atoms with Gasteiger partial charge < -0.3 is 15.2 Å². The number of carbonyl (C=O) groups is 1. The summed E-state index contributed by atoms with van der Waals surface area (Å²) in [5.41, 5.74) is 0.873. The largest absolute Gasteiger partial charge is 0.511 e. The quantitative estimate of drug-likeness (QED) is 0.255. The molecule has 0 spiro atoms. The molecule has 1 aliphatic heterocycles. The van der Waals surface area contributed by atoms with Gasteiger partial charge in [0.15, 0.2) is 5.60 Å². The highest BCUT2D eigenvalue weighted by molar-refractivity contribution is 8.04. The van der Waals surface area contributed by atoms with Crippen LogP contribution < -0.4 is 5.32 Å². The van der Waals surface area contributed by atoms with Crippen LogP contribution in [0.5, 0.6) is 0 Å². The SMILES string of the molecule is O=C1OC(c2ccsc2)(c2cccc(Nc3ccc(F)cn3)c2)CC(O)=C1Sc1ccccc1Cl. The first-order chi connectivity index (χ1) is 16.9. The van der Waals surface area contributed by atoms with E-state index >= 15 is 0 Å². The second-order valence-electron chi connectivity index (χ2n) is 7.78. The van der Waals surface area contributed by atoms with Gasteiger partial charge in [0.05, 0.1) is 17.6 Å². The number of hydrogen-bond acceptors (Lipinski definition) is 7. The third kappa shape index (κ3) is 4.77. The predicted octanol–water partition coefficient (Wildman–Crippen LogP) is 7.43. The van der Waals surface area contributed by atoms with Gasteiger partial charge in [-0.05, 0) is 53.2 Å². The van der Waals surface area contributed by atoms with Gasteiger partial charge >= 0.3 is 5.97 Å². The summed E-state index contributed by atoms with van der Waals surface area (Å²) >= 11 is 8.81. The van der Waals surface area contributed by atoms with E-state index in [9.17, 15) is 14.3 Å². The van der Waals surface area contributed by atoms with Crippen molar-refractivity contribution in [1.82, 2.24) is 4.98 Å². The zero-order valence-electron chi connectivity index (χ0n) is 18.1. The average molecular weight is 525 g/mol. The first-order valence-electron chi connectivity index (χ1n) is 10.5. The third-order valence-electron chi connectivity index (χ3n) is 5.50. The molecule has 0 radical (unpaired) electrons. The van der Waals surface area contributed by atoms with Gasteiger partial charge in [-0.15, -0.1) is 0 Å². The smallest absolute Gasteiger partial charge is 0.349 e. The summed E-state index contributed by atoms with van der Waals surface area (Å²) in [6.07, 6.45) is 1.18. The summed E-state index contributed by atoms with van der Waals surface area (Å²) in [6, 6.07) is 19.1. The maximum Gasteiger partial charge on any atom is 0.349 e. The minimum atomic E-state index is -1.22. The molecule has 0 fully saturated rings. The van der Waals surface area contributed by atoms with Crippen LogP contribution in [0, 0.1) is 5.82 Å². The molecule has 0 aliphatic carbocycles. The van der Waals surface area contributed by atoms with Gasteiger partial charge in [0, 0.05) is 21.7 Å². The number of esters is 1. The fraction of sp³-hybridized carbons (Fsp3) is 0.0769. The molecule has 0 amide bonds. The van der Waals surface area contributed by atoms with Crippen LogP contribution in [-0.2, 0) is 15.1 Å². The Labute approximate surface area is 214 Å². The highest BCUT2D eigenvalue weighted by Crippen LogP contribution is 2.48. The first kappa shape index (κ1) is 23.4. The second-order valence-corrected chi connectivity index (χ2v) is 10.0. The van der Waals surface area contributed by atoms with Gasteiger partial charge in [0.2, 0.25) is 0 Å². The van der Waals surface area contributed by atoms with E-state index in [0.717, 1.165) is 23.5 Å². The summed E-state index contributed by atoms with van der Waals surface area (Å²) in [5.74, 6) is -0.670. The Balaban J connectivity index is 1.52. The van der Waals surface area contributed by atoms with E-state index in [2.05, 4.69) is 10.3 Å². The number of ether oxygens (including phenoxy) is 1. The van der Waals surface area contributed by atoms with Crippen LogP contribution in [0.15, 0.2) is 99.2 Å². The number of cyclic esters (lactones) is 1. The number of aromatic nitrogens is 1. The number of aliphatic hydroxyl groups is 1. The lowest BCUT2D eigenvalue weighted by Gasteiger charge is -2.37. The predicted molar refractivity (Wildman–Crippen MR) is 137 cm³/mol. The number of halogens is 2. The lowest BCUT2D eigenvalue weighted by molar-refractivity contribution is -0.154. The molecule has 5 nitrogen and oxygen atoms in total. The second kappa shape index (κ2) is 9.73. The molecule has 0 bridgehead atoms. The molecule has 176 valence electrons. The Kier molecular flexibility index (Phi) is 6.51. The topological polar surface area (TPSA) is 71.5 Å². The highest BCUT2D eigenvalue weighted by atomic mass is 35.5. The average Bonchev–Trinajstić information content (AvgIpc) is 3.40. The van der Waals surface area contributed by atoms with E-state index in [1.807, 2.05) is 47.2 Å². The van der Waals surface area contributed by atoms with Gasteiger partial charge in [0.1, 0.15) is 22.3 Å². The molecule has 2 aromatic heterocycles. The van der Waals surface area contributed by atoms with Crippen molar-refractivity contribution in [2.75, 3.05) is 5.32 Å². The molecule has 1 aliphatic rings. The van der Waals surface area contributed by atoms with Gasteiger partial charge in [-0.3, -0.25) is 0 Å². The van der Waals surface area contributed by atoms with Crippen molar-refractivity contribution in [3.8, 4) is 0 Å². The van der Waals surface area contributed by atoms with Crippen molar-refractivity contribution in [2.45, 2.75) is 16.9 Å². The van der Waals surface area contributed by atoms with Crippen LogP contribution >= 0.6 is 34.7 Å². The number of benzene rings is 2. The third-order valence-corrected chi connectivity index (χ3v) is 7.80. The first-order valence-corrected chi connectivity index (χ1v) is 12.7. The number of nitrogens with one attached hydrogen (secondary N) is 1. The van der Waals surface area contributed by atoms with Crippen molar-refractivity contribution in [1.29, 1.82) is 0 Å². The Morgan fingerprint density at radius 1 is 1.11 bits per heavy atom. The van der Waals surface area contributed by atoms with Crippen LogP contribution in [0.2, 0.25) is 5.02 Å². The summed E-state index contributed by atoms with van der Waals surface area (Å²) in [7, 11) is 0. The molecule has 3 heterocycles. The number of aliphatic hydroxyl groups excluding tert-OH is 1. The number of anilines is 2. The summed E-state index contributed by atoms with van der Waals surface area (Å²) in [5, 5.41) is 18.5. The maximum atomic E-state index is 13.3. The summed E-state index contributed by atoms with van der Waals surface area (Å²) in [4.78, 5) is 18.0. The van der Waals surface area contributed by atoms with E-state index in [4.69, 9.17) is 16.3 Å². The molecule has 35 heavy (non-hydrogen) atoms. The number of hydrogen-bond donors (Lipinski definition) is 2. The molecule has 1 atom stereocenters. The number of thioether (sulfide) groups is 1. The number of pyridine rings is 1. The van der Waals surface area contributed by atoms with Crippen molar-refractivity contribution in [2.24, 2.45) is 0 Å². The molecular formula is C26H18ClFN2O3S2. The van der Waals surface area contributed by atoms with Crippen LogP contribution in [0.1, 0.15) is 17.5 Å². The standard InChI is InChI=1S/C26H18ClFN2O3S2/c27-20-6-1-2-7-22(20)35-24-21(31)13-26(33-25(24)32,17-10-11-34-15-17)16-4-3-5-19(12-16)30-23-9-8-18(28)14-29-23/h1-12,14-15,31H,13H2,(H,29,30). The zero-order valence-corrected chi connectivity index (χ0v) is 20.5. The molecule has 0 saturated heterocycles. The maximum absolute atomic E-state index is 13.3. The zero-order chi connectivity index (χ0) is 24.4. The van der Waals surface area contributed by atoms with Crippen LogP contribution in [0.4, 0.5) is 15.9 Å². The number of thiophene rings is 1. The number of carbonyl (C=O) groups excluding carboxylic acids is 1. The number of nitrogens with zero attached hydrogens (tertiary/aromatic N) is 1. The Hall–Kier alpha value is -3.33. The Morgan fingerprint density at radius 3 is 2.69 bits per heavy atom. The lowest BCUT2D eigenvalue weighted by Crippen LogP contribution is -2.38. The van der Waals surface area contributed by atoms with Crippen molar-refractivity contribution in [3.05, 3.63) is 116 Å². The molecule has 1 unspecified atom stereocenters. The fourth-order valence-electron chi connectivity index (χ4n) is 3.84. The minimum absolute atomic E-state index is 0.0561. The van der Waals surface area contributed by atoms with Gasteiger partial charge in [0.25, 0.3) is 0 Å². The molecular weight excluding hydrogens is 507 g/mol. The molecule has 2 N–H and O–H groups in total. The fourth-order valence-corrected chi connectivity index (χ4v) is 5.66. The monoisotopic (exact) mass is 524 g/mol. The summed E-state index contributed by atoms with van der Waals surface area (Å²) in [6.45, 7) is 0. The van der Waals surface area contributed by atoms with Gasteiger partial charge in [-0.1, -0.05) is 47.6 Å². The Morgan fingerprint density at radius 2 is 1.97 bits per heavy atom. The van der Waals surface area contributed by atoms with Crippen molar-refractivity contribution in [3.63, 3.8) is 0 Å². The van der Waals surface area contributed by atoms with E-state index < -0.39 is 17.4 Å².